The van der Waals surface area contributed by atoms with Crippen LogP contribution in [0.2, 0.25) is 0 Å². The second-order valence-electron chi connectivity index (χ2n) is 4.97. The van der Waals surface area contributed by atoms with Gasteiger partial charge in [-0.2, -0.15) is 0 Å². The lowest BCUT2D eigenvalue weighted by molar-refractivity contribution is -0.146. The van der Waals surface area contributed by atoms with Gasteiger partial charge in [-0.3, -0.25) is 4.79 Å². The van der Waals surface area contributed by atoms with E-state index in [1.54, 1.807) is 26.0 Å². The molecule has 0 aromatic heterocycles. The molecular weight excluding hydrogens is 239 g/mol. The average molecular weight is 254 g/mol. The Balaban J connectivity index is 2.35. The number of rotatable bonds is 4. The number of ether oxygens (including phenoxy) is 2. The summed E-state index contributed by atoms with van der Waals surface area (Å²) in [7, 11) is 0. The van der Waals surface area contributed by atoms with Crippen LogP contribution in [0.1, 0.15) is 25.0 Å². The Morgan fingerprint density at radius 1 is 1.33 bits per heavy atom. The predicted octanol–water partition coefficient (Wildman–Crippen LogP) is 2.54. The van der Waals surface area contributed by atoms with Crippen LogP contribution in [0.5, 0.6) is 11.5 Å². The van der Waals surface area contributed by atoms with Gasteiger partial charge in [0.15, 0.2) is 11.5 Å². The van der Waals surface area contributed by atoms with Gasteiger partial charge < -0.3 is 14.6 Å². The van der Waals surface area contributed by atoms with Crippen molar-refractivity contribution in [3.05, 3.63) is 23.3 Å². The van der Waals surface area contributed by atoms with Crippen LogP contribution >= 0.6 is 0 Å². The molecule has 0 fully saturated rings. The number of benzene rings is 1. The van der Waals surface area contributed by atoms with E-state index >= 15 is 0 Å². The molecule has 1 aliphatic heterocycles. The topological polar surface area (TPSA) is 55.8 Å². The number of fused-ring (bicyclic) bond motifs is 1. The summed E-state index contributed by atoms with van der Waals surface area (Å²) in [6.07, 6.45) is 0.248. The highest BCUT2D eigenvalue weighted by Gasteiger charge is 2.29. The normalized spacial score (nSPS) is 13.7. The van der Waals surface area contributed by atoms with Crippen molar-refractivity contribution < 1.29 is 23.8 Å². The van der Waals surface area contributed by atoms with Crippen molar-refractivity contribution in [1.82, 2.24) is 0 Å². The molecule has 0 unspecified atom stereocenters. The van der Waals surface area contributed by atoms with Gasteiger partial charge in [-0.05, 0) is 43.5 Å². The Morgan fingerprint density at radius 3 is 2.39 bits per heavy atom. The molecular formula is C13H15FO4. The Morgan fingerprint density at radius 2 is 1.89 bits per heavy atom. The summed E-state index contributed by atoms with van der Waals surface area (Å²) in [5.74, 6) is 0.146. The first-order chi connectivity index (χ1) is 8.44. The fourth-order valence-corrected chi connectivity index (χ4v) is 1.87. The number of hydrogen-bond acceptors (Lipinski definition) is 3. The van der Waals surface area contributed by atoms with Gasteiger partial charge in [-0.15, -0.1) is 0 Å². The molecule has 1 aromatic carbocycles. The Bertz CT molecular complexity index is 482. The van der Waals surface area contributed by atoms with E-state index in [1.165, 1.54) is 0 Å². The van der Waals surface area contributed by atoms with Gasteiger partial charge in [0, 0.05) is 0 Å². The monoisotopic (exact) mass is 254 g/mol. The molecule has 4 nitrogen and oxygen atoms in total. The van der Waals surface area contributed by atoms with Crippen molar-refractivity contribution in [2.45, 2.75) is 26.9 Å². The highest BCUT2D eigenvalue weighted by Crippen LogP contribution is 2.37. The van der Waals surface area contributed by atoms with Crippen LogP contribution in [0.4, 0.5) is 4.39 Å². The lowest BCUT2D eigenvalue weighted by Gasteiger charge is -2.20. The molecule has 1 N–H and O–H groups in total. The summed E-state index contributed by atoms with van der Waals surface area (Å²) in [5.41, 5.74) is 0.153. The van der Waals surface area contributed by atoms with Gasteiger partial charge in [0.1, 0.15) is 6.67 Å². The van der Waals surface area contributed by atoms with Crippen molar-refractivity contribution in [2.75, 3.05) is 6.79 Å². The molecule has 0 aliphatic carbocycles. The van der Waals surface area contributed by atoms with Crippen LogP contribution in [0, 0.1) is 5.41 Å². The summed E-state index contributed by atoms with van der Waals surface area (Å²) < 4.78 is 23.4. The van der Waals surface area contributed by atoms with E-state index < -0.39 is 18.1 Å². The van der Waals surface area contributed by atoms with Crippen molar-refractivity contribution in [3.8, 4) is 11.5 Å². The maximum atomic E-state index is 13.0. The second kappa shape index (κ2) is 4.48. The first-order valence-corrected chi connectivity index (χ1v) is 5.65. The van der Waals surface area contributed by atoms with E-state index in [0.717, 1.165) is 0 Å². The van der Waals surface area contributed by atoms with Crippen LogP contribution in [-0.4, -0.2) is 17.9 Å². The summed E-state index contributed by atoms with van der Waals surface area (Å²) in [6.45, 7) is 2.69. The standard InChI is InChI=1S/C13H15FO4/c1-13(2,12(15)16)5-8-3-10-11(18-7-17-10)4-9(8)6-14/h3-4H,5-7H2,1-2H3,(H,15,16). The molecule has 0 saturated heterocycles. The molecule has 18 heavy (non-hydrogen) atoms. The first-order valence-electron chi connectivity index (χ1n) is 5.65. The molecule has 5 heteroatoms. The molecule has 1 heterocycles. The highest BCUT2D eigenvalue weighted by molar-refractivity contribution is 5.74. The summed E-state index contributed by atoms with van der Waals surface area (Å²) >= 11 is 0. The predicted molar refractivity (Wildman–Crippen MR) is 62.5 cm³/mol. The lowest BCUT2D eigenvalue weighted by atomic mass is 9.84. The summed E-state index contributed by atoms with van der Waals surface area (Å²) in [5, 5.41) is 9.11. The van der Waals surface area contributed by atoms with E-state index in [0.29, 0.717) is 22.6 Å². The van der Waals surface area contributed by atoms with E-state index in [-0.39, 0.29) is 13.2 Å². The van der Waals surface area contributed by atoms with Gasteiger partial charge in [-0.1, -0.05) is 0 Å². The minimum absolute atomic E-state index is 0.118. The van der Waals surface area contributed by atoms with Crippen LogP contribution in [0.25, 0.3) is 0 Å². The van der Waals surface area contributed by atoms with Crippen molar-refractivity contribution >= 4 is 5.97 Å². The molecule has 0 radical (unpaired) electrons. The Hall–Kier alpha value is -1.78. The lowest BCUT2D eigenvalue weighted by Crippen LogP contribution is -2.26. The first kappa shape index (κ1) is 12.7. The van der Waals surface area contributed by atoms with Crippen LogP contribution < -0.4 is 9.47 Å². The van der Waals surface area contributed by atoms with Gasteiger partial charge in [0.05, 0.1) is 5.41 Å². The van der Waals surface area contributed by atoms with Crippen molar-refractivity contribution in [2.24, 2.45) is 5.41 Å². The largest absolute Gasteiger partial charge is 0.481 e. The average Bonchev–Trinajstić information content (AvgIpc) is 2.74. The van der Waals surface area contributed by atoms with E-state index in [2.05, 4.69) is 0 Å². The maximum Gasteiger partial charge on any atom is 0.309 e. The molecule has 2 rings (SSSR count). The highest BCUT2D eigenvalue weighted by atomic mass is 19.1. The number of aliphatic carboxylic acids is 1. The van der Waals surface area contributed by atoms with Crippen molar-refractivity contribution in [1.29, 1.82) is 0 Å². The summed E-state index contributed by atoms with van der Waals surface area (Å²) in [4.78, 5) is 11.1. The maximum absolute atomic E-state index is 13.0. The number of carbonyl (C=O) groups is 1. The third kappa shape index (κ3) is 2.25. The van der Waals surface area contributed by atoms with E-state index in [4.69, 9.17) is 14.6 Å². The number of carboxylic acids is 1. The minimum Gasteiger partial charge on any atom is -0.481 e. The zero-order valence-electron chi connectivity index (χ0n) is 10.3. The summed E-state index contributed by atoms with van der Waals surface area (Å²) in [6, 6.07) is 3.25. The number of hydrogen-bond donors (Lipinski definition) is 1. The quantitative estimate of drug-likeness (QED) is 0.897. The SMILES string of the molecule is CC(C)(Cc1cc2c(cc1CF)OCO2)C(=O)O. The Kier molecular flexibility index (Phi) is 3.15. The molecule has 1 aromatic rings. The van der Waals surface area contributed by atoms with Crippen molar-refractivity contribution in [3.63, 3.8) is 0 Å². The molecule has 0 amide bonds. The van der Waals surface area contributed by atoms with E-state index in [1.807, 2.05) is 0 Å². The smallest absolute Gasteiger partial charge is 0.309 e. The number of halogens is 1. The molecule has 98 valence electrons. The molecule has 0 saturated carbocycles. The number of alkyl halides is 1. The molecule has 0 atom stereocenters. The van der Waals surface area contributed by atoms with Crippen LogP contribution in [0.3, 0.4) is 0 Å². The number of carboxylic acid groups (broad SMARTS) is 1. The fraction of sp³-hybridized carbons (Fsp3) is 0.462. The third-order valence-corrected chi connectivity index (χ3v) is 3.05. The van der Waals surface area contributed by atoms with E-state index in [9.17, 15) is 9.18 Å². The minimum atomic E-state index is -0.947. The van der Waals surface area contributed by atoms with Gasteiger partial charge in [-0.25, -0.2) is 4.39 Å². The molecule has 0 spiro atoms. The van der Waals surface area contributed by atoms with Crippen LogP contribution in [0.15, 0.2) is 12.1 Å². The van der Waals surface area contributed by atoms with Crippen LogP contribution in [-0.2, 0) is 17.9 Å². The Labute approximate surface area is 104 Å². The van der Waals surface area contributed by atoms with Gasteiger partial charge >= 0.3 is 5.97 Å². The zero-order valence-corrected chi connectivity index (χ0v) is 10.3. The van der Waals surface area contributed by atoms with Gasteiger partial charge in [0.25, 0.3) is 0 Å². The van der Waals surface area contributed by atoms with Gasteiger partial charge in [0.2, 0.25) is 6.79 Å². The fourth-order valence-electron chi connectivity index (χ4n) is 1.87. The second-order valence-corrected chi connectivity index (χ2v) is 4.97. The zero-order chi connectivity index (χ0) is 13.3. The third-order valence-electron chi connectivity index (χ3n) is 3.05. The molecule has 1 aliphatic rings. The molecule has 0 bridgehead atoms.